The standard InChI is InChI=1S/C29H30N4O5/c1-3-30-11-13-31(14-12-30)24-16-23-21(26(34)22(29(37)38-4-2)17-32(23)18-9-10-18)15-25(24)33-27(35)19-7-5-6-8-20(19)28(33)36/h5-8,15-18H,3-4,9-14H2,1-2H3. The zero-order valence-electron chi connectivity index (χ0n) is 21.6. The van der Waals surface area contributed by atoms with Gasteiger partial charge in [0.2, 0.25) is 5.43 Å². The first-order valence-corrected chi connectivity index (χ1v) is 13.3. The minimum Gasteiger partial charge on any atom is -0.462 e. The Bertz CT molecular complexity index is 1500. The molecule has 3 heterocycles. The quantitative estimate of drug-likeness (QED) is 0.368. The van der Waals surface area contributed by atoms with E-state index in [-0.39, 0.29) is 18.2 Å². The lowest BCUT2D eigenvalue weighted by Gasteiger charge is -2.37. The molecule has 0 radical (unpaired) electrons. The molecule has 1 aliphatic carbocycles. The summed E-state index contributed by atoms with van der Waals surface area (Å²) in [7, 11) is 0. The fourth-order valence-corrected chi connectivity index (χ4v) is 5.53. The van der Waals surface area contributed by atoms with Gasteiger partial charge in [0.25, 0.3) is 11.8 Å². The van der Waals surface area contributed by atoms with Crippen LogP contribution in [0.3, 0.4) is 0 Å². The zero-order chi connectivity index (χ0) is 26.6. The molecule has 2 amide bonds. The number of rotatable bonds is 6. The number of imide groups is 1. The number of anilines is 2. The van der Waals surface area contributed by atoms with E-state index >= 15 is 0 Å². The number of hydrogen-bond acceptors (Lipinski definition) is 7. The molecule has 0 bridgehead atoms. The number of aromatic nitrogens is 1. The topological polar surface area (TPSA) is 92.2 Å². The number of hydrogen-bond donors (Lipinski definition) is 0. The number of esters is 1. The van der Waals surface area contributed by atoms with E-state index in [0.717, 1.165) is 51.3 Å². The minimum absolute atomic E-state index is 0.0381. The van der Waals surface area contributed by atoms with E-state index in [4.69, 9.17) is 4.74 Å². The van der Waals surface area contributed by atoms with Crippen LogP contribution < -0.4 is 15.2 Å². The van der Waals surface area contributed by atoms with Crippen LogP contribution in [-0.4, -0.2) is 66.6 Å². The van der Waals surface area contributed by atoms with Crippen LogP contribution in [0.15, 0.2) is 47.4 Å². The molecule has 2 aliphatic heterocycles. The average Bonchev–Trinajstić information content (AvgIpc) is 3.75. The van der Waals surface area contributed by atoms with Crippen LogP contribution in [-0.2, 0) is 4.74 Å². The summed E-state index contributed by atoms with van der Waals surface area (Å²) in [5.41, 5.74) is 1.98. The average molecular weight is 515 g/mol. The van der Waals surface area contributed by atoms with E-state index in [0.29, 0.717) is 27.7 Å². The van der Waals surface area contributed by atoms with Crippen molar-refractivity contribution in [2.45, 2.75) is 32.7 Å². The van der Waals surface area contributed by atoms with Crippen molar-refractivity contribution in [3.05, 3.63) is 69.5 Å². The molecule has 1 aromatic heterocycles. The summed E-state index contributed by atoms with van der Waals surface area (Å²) in [6.07, 6.45) is 3.51. The van der Waals surface area contributed by atoms with Crippen molar-refractivity contribution < 1.29 is 19.1 Å². The summed E-state index contributed by atoms with van der Waals surface area (Å²) in [4.78, 5) is 59.1. The van der Waals surface area contributed by atoms with Crippen molar-refractivity contribution in [3.63, 3.8) is 0 Å². The fourth-order valence-electron chi connectivity index (χ4n) is 5.53. The molecule has 196 valence electrons. The monoisotopic (exact) mass is 514 g/mol. The van der Waals surface area contributed by atoms with Crippen LogP contribution >= 0.6 is 0 Å². The number of pyridine rings is 1. The van der Waals surface area contributed by atoms with Gasteiger partial charge in [0.1, 0.15) is 5.56 Å². The lowest BCUT2D eigenvalue weighted by Crippen LogP contribution is -2.47. The highest BCUT2D eigenvalue weighted by molar-refractivity contribution is 6.35. The van der Waals surface area contributed by atoms with Gasteiger partial charge in [-0.15, -0.1) is 0 Å². The van der Waals surface area contributed by atoms with Crippen LogP contribution in [0.25, 0.3) is 10.9 Å². The Morgan fingerprint density at radius 1 is 0.921 bits per heavy atom. The van der Waals surface area contributed by atoms with Gasteiger partial charge < -0.3 is 19.1 Å². The van der Waals surface area contributed by atoms with Crippen LogP contribution in [0.1, 0.15) is 63.8 Å². The van der Waals surface area contributed by atoms with Crippen molar-refractivity contribution >= 4 is 40.1 Å². The van der Waals surface area contributed by atoms with E-state index in [9.17, 15) is 19.2 Å². The van der Waals surface area contributed by atoms with Gasteiger partial charge in [-0.25, -0.2) is 9.69 Å². The van der Waals surface area contributed by atoms with Gasteiger partial charge in [0.15, 0.2) is 0 Å². The maximum atomic E-state index is 13.6. The first-order chi connectivity index (χ1) is 18.4. The van der Waals surface area contributed by atoms with Crippen LogP contribution in [0.4, 0.5) is 11.4 Å². The van der Waals surface area contributed by atoms with Gasteiger partial charge in [-0.05, 0) is 50.6 Å². The molecule has 9 heteroatoms. The van der Waals surface area contributed by atoms with Gasteiger partial charge in [-0.3, -0.25) is 14.4 Å². The van der Waals surface area contributed by atoms with Gasteiger partial charge >= 0.3 is 5.97 Å². The first-order valence-electron chi connectivity index (χ1n) is 13.3. The number of likely N-dealkylation sites (N-methyl/N-ethyl adjacent to an activating group) is 1. The largest absolute Gasteiger partial charge is 0.462 e. The molecular formula is C29H30N4O5. The number of carbonyl (C=O) groups excluding carboxylic acids is 3. The third-order valence-electron chi connectivity index (χ3n) is 7.76. The molecule has 0 spiro atoms. The Hall–Kier alpha value is -3.98. The Balaban J connectivity index is 1.58. The third-order valence-corrected chi connectivity index (χ3v) is 7.76. The number of nitrogens with zero attached hydrogens (tertiary/aromatic N) is 4. The smallest absolute Gasteiger partial charge is 0.343 e. The minimum atomic E-state index is -0.671. The second kappa shape index (κ2) is 9.40. The van der Waals surface area contributed by atoms with E-state index < -0.39 is 23.2 Å². The van der Waals surface area contributed by atoms with Crippen LogP contribution in [0.2, 0.25) is 0 Å². The maximum absolute atomic E-state index is 13.6. The molecule has 3 aromatic rings. The van der Waals surface area contributed by atoms with Gasteiger partial charge in [-0.1, -0.05) is 19.1 Å². The van der Waals surface area contributed by atoms with E-state index in [1.807, 2.05) is 10.6 Å². The summed E-state index contributed by atoms with van der Waals surface area (Å²) in [5.74, 6) is -1.50. The summed E-state index contributed by atoms with van der Waals surface area (Å²) in [5, 5.41) is 0.296. The molecular weight excluding hydrogens is 484 g/mol. The first kappa shape index (κ1) is 24.4. The van der Waals surface area contributed by atoms with Gasteiger partial charge in [-0.2, -0.15) is 0 Å². The zero-order valence-corrected chi connectivity index (χ0v) is 21.6. The number of benzene rings is 2. The normalized spacial score (nSPS) is 17.8. The third kappa shape index (κ3) is 3.89. The highest BCUT2D eigenvalue weighted by atomic mass is 16.5. The van der Waals surface area contributed by atoms with Crippen molar-refractivity contribution in [3.8, 4) is 0 Å². The van der Waals surface area contributed by atoms with Crippen molar-refractivity contribution in [1.82, 2.24) is 9.47 Å². The molecule has 9 nitrogen and oxygen atoms in total. The number of piperazine rings is 1. The highest BCUT2D eigenvalue weighted by Crippen LogP contribution is 2.42. The molecule has 0 atom stereocenters. The molecule has 1 saturated carbocycles. The number of amides is 2. The molecule has 0 unspecified atom stereocenters. The van der Waals surface area contributed by atoms with E-state index in [2.05, 4.69) is 16.7 Å². The van der Waals surface area contributed by atoms with E-state index in [1.54, 1.807) is 43.5 Å². The lowest BCUT2D eigenvalue weighted by atomic mass is 10.1. The number of carbonyl (C=O) groups is 3. The molecule has 1 saturated heterocycles. The molecule has 38 heavy (non-hydrogen) atoms. The SMILES string of the molecule is CCOC(=O)c1cn(C2CC2)c2cc(N3CCN(CC)CC3)c(N3C(=O)c4ccccc4C3=O)cc2c1=O. The summed E-state index contributed by atoms with van der Waals surface area (Å²) in [6.45, 7) is 8.10. The highest BCUT2D eigenvalue weighted by Gasteiger charge is 2.39. The molecule has 0 N–H and O–H groups in total. The Morgan fingerprint density at radius 2 is 1.58 bits per heavy atom. The molecule has 2 fully saturated rings. The maximum Gasteiger partial charge on any atom is 0.343 e. The van der Waals surface area contributed by atoms with Gasteiger partial charge in [0.05, 0.1) is 34.6 Å². The van der Waals surface area contributed by atoms with Crippen LogP contribution in [0, 0.1) is 0 Å². The number of fused-ring (bicyclic) bond motifs is 2. The molecule has 2 aromatic carbocycles. The van der Waals surface area contributed by atoms with Crippen molar-refractivity contribution in [1.29, 1.82) is 0 Å². The summed E-state index contributed by atoms with van der Waals surface area (Å²) < 4.78 is 7.16. The van der Waals surface area contributed by atoms with E-state index in [1.165, 1.54) is 4.90 Å². The molecule has 6 rings (SSSR count). The Morgan fingerprint density at radius 3 is 2.16 bits per heavy atom. The van der Waals surface area contributed by atoms with Gasteiger partial charge in [0, 0.05) is 43.8 Å². The summed E-state index contributed by atoms with van der Waals surface area (Å²) in [6, 6.07) is 10.5. The Labute approximate surface area is 220 Å². The lowest BCUT2D eigenvalue weighted by molar-refractivity contribution is 0.0523. The molecule has 3 aliphatic rings. The second-order valence-corrected chi connectivity index (χ2v) is 10.0. The van der Waals surface area contributed by atoms with Crippen molar-refractivity contribution in [2.24, 2.45) is 0 Å². The fraction of sp³-hybridized carbons (Fsp3) is 0.379. The Kier molecular flexibility index (Phi) is 6.03. The van der Waals surface area contributed by atoms with Crippen LogP contribution in [0.5, 0.6) is 0 Å². The van der Waals surface area contributed by atoms with Crippen molar-refractivity contribution in [2.75, 3.05) is 49.1 Å². The predicted molar refractivity (Wildman–Crippen MR) is 144 cm³/mol. The number of ether oxygens (including phenoxy) is 1. The second-order valence-electron chi connectivity index (χ2n) is 10.0. The summed E-state index contributed by atoms with van der Waals surface area (Å²) >= 11 is 0. The predicted octanol–water partition coefficient (Wildman–Crippen LogP) is 3.46.